The standard InChI is InChI=1S/C13H26N2O/c1-4-16-13(8-6-5-7-9-13)12(15-14)10-11(2)3/h10,12,15H,4-9,14H2,1-3H3. The van der Waals surface area contributed by atoms with Crippen molar-refractivity contribution in [3.05, 3.63) is 11.6 Å². The van der Waals surface area contributed by atoms with Gasteiger partial charge in [0.05, 0.1) is 11.6 Å². The fourth-order valence-electron chi connectivity index (χ4n) is 2.67. The van der Waals surface area contributed by atoms with Crippen LogP contribution in [0.2, 0.25) is 0 Å². The number of nitrogens with two attached hydrogens (primary N) is 1. The van der Waals surface area contributed by atoms with Crippen molar-refractivity contribution in [2.45, 2.75) is 64.5 Å². The van der Waals surface area contributed by atoms with E-state index in [2.05, 4.69) is 32.3 Å². The molecular weight excluding hydrogens is 200 g/mol. The second kappa shape index (κ2) is 6.38. The summed E-state index contributed by atoms with van der Waals surface area (Å²) in [5.41, 5.74) is 4.13. The Morgan fingerprint density at radius 3 is 2.44 bits per heavy atom. The number of hydrogen-bond acceptors (Lipinski definition) is 3. The maximum atomic E-state index is 6.04. The van der Waals surface area contributed by atoms with Gasteiger partial charge in [-0.15, -0.1) is 0 Å². The Labute approximate surface area is 99.4 Å². The lowest BCUT2D eigenvalue weighted by Gasteiger charge is -2.42. The summed E-state index contributed by atoms with van der Waals surface area (Å²) in [5.74, 6) is 5.69. The van der Waals surface area contributed by atoms with E-state index >= 15 is 0 Å². The van der Waals surface area contributed by atoms with Gasteiger partial charge >= 0.3 is 0 Å². The van der Waals surface area contributed by atoms with Crippen LogP contribution >= 0.6 is 0 Å². The Morgan fingerprint density at radius 1 is 1.38 bits per heavy atom. The van der Waals surface area contributed by atoms with E-state index in [1.807, 2.05) is 0 Å². The van der Waals surface area contributed by atoms with Crippen LogP contribution in [0.25, 0.3) is 0 Å². The normalized spacial score (nSPS) is 21.5. The quantitative estimate of drug-likeness (QED) is 0.430. The van der Waals surface area contributed by atoms with Crippen LogP contribution in [0, 0.1) is 0 Å². The third-order valence-electron chi connectivity index (χ3n) is 3.38. The molecule has 16 heavy (non-hydrogen) atoms. The molecule has 94 valence electrons. The fourth-order valence-corrected chi connectivity index (χ4v) is 2.67. The molecule has 0 aliphatic heterocycles. The fraction of sp³-hybridized carbons (Fsp3) is 0.846. The molecule has 1 saturated carbocycles. The summed E-state index contributed by atoms with van der Waals surface area (Å²) < 4.78 is 6.04. The van der Waals surface area contributed by atoms with E-state index < -0.39 is 0 Å². The van der Waals surface area contributed by atoms with Crippen LogP contribution < -0.4 is 11.3 Å². The second-order valence-electron chi connectivity index (χ2n) is 4.95. The van der Waals surface area contributed by atoms with E-state index in [-0.39, 0.29) is 11.6 Å². The average molecular weight is 226 g/mol. The molecule has 0 aromatic rings. The van der Waals surface area contributed by atoms with Gasteiger partial charge in [0.2, 0.25) is 0 Å². The van der Waals surface area contributed by atoms with E-state index in [1.54, 1.807) is 0 Å². The minimum Gasteiger partial charge on any atom is -0.373 e. The third kappa shape index (κ3) is 3.30. The number of hydrazine groups is 1. The van der Waals surface area contributed by atoms with Crippen molar-refractivity contribution in [1.82, 2.24) is 5.43 Å². The molecule has 0 aromatic carbocycles. The first kappa shape index (κ1) is 13.7. The Bertz CT molecular complexity index is 223. The maximum Gasteiger partial charge on any atom is 0.0883 e. The molecule has 0 saturated heterocycles. The zero-order chi connectivity index (χ0) is 12.0. The van der Waals surface area contributed by atoms with Crippen molar-refractivity contribution >= 4 is 0 Å². The van der Waals surface area contributed by atoms with Crippen molar-refractivity contribution in [3.63, 3.8) is 0 Å². The maximum absolute atomic E-state index is 6.04. The Hall–Kier alpha value is -0.380. The highest BCUT2D eigenvalue weighted by atomic mass is 16.5. The van der Waals surface area contributed by atoms with Gasteiger partial charge in [0.1, 0.15) is 0 Å². The van der Waals surface area contributed by atoms with Gasteiger partial charge in [-0.3, -0.25) is 11.3 Å². The van der Waals surface area contributed by atoms with Gasteiger partial charge in [0, 0.05) is 6.61 Å². The predicted molar refractivity (Wildman–Crippen MR) is 68.0 cm³/mol. The highest BCUT2D eigenvalue weighted by Crippen LogP contribution is 2.35. The molecule has 0 radical (unpaired) electrons. The van der Waals surface area contributed by atoms with Crippen LogP contribution in [0.1, 0.15) is 52.9 Å². The zero-order valence-electron chi connectivity index (χ0n) is 10.9. The highest BCUT2D eigenvalue weighted by Gasteiger charge is 2.39. The van der Waals surface area contributed by atoms with Crippen molar-refractivity contribution in [3.8, 4) is 0 Å². The van der Waals surface area contributed by atoms with E-state index in [1.165, 1.54) is 24.8 Å². The number of allylic oxidation sites excluding steroid dienone is 1. The summed E-state index contributed by atoms with van der Waals surface area (Å²) in [6.45, 7) is 7.03. The summed E-state index contributed by atoms with van der Waals surface area (Å²) >= 11 is 0. The Balaban J connectivity index is 2.83. The molecular formula is C13H26N2O. The lowest BCUT2D eigenvalue weighted by molar-refractivity contribution is -0.0798. The molecule has 0 bridgehead atoms. The smallest absolute Gasteiger partial charge is 0.0883 e. The second-order valence-corrected chi connectivity index (χ2v) is 4.95. The van der Waals surface area contributed by atoms with Gasteiger partial charge in [-0.25, -0.2) is 0 Å². The average Bonchev–Trinajstić information content (AvgIpc) is 2.27. The molecule has 1 atom stereocenters. The summed E-state index contributed by atoms with van der Waals surface area (Å²) in [6, 6.07) is 0.137. The molecule has 1 rings (SSSR count). The van der Waals surface area contributed by atoms with Crippen LogP contribution in [-0.4, -0.2) is 18.2 Å². The summed E-state index contributed by atoms with van der Waals surface area (Å²) in [6.07, 6.45) is 8.23. The minimum absolute atomic E-state index is 0.0843. The molecule has 3 nitrogen and oxygen atoms in total. The van der Waals surface area contributed by atoms with Gasteiger partial charge in [0.25, 0.3) is 0 Å². The lowest BCUT2D eigenvalue weighted by atomic mass is 9.78. The van der Waals surface area contributed by atoms with Gasteiger partial charge in [0.15, 0.2) is 0 Å². The van der Waals surface area contributed by atoms with Crippen molar-refractivity contribution < 1.29 is 4.74 Å². The number of hydrogen-bond donors (Lipinski definition) is 2. The molecule has 1 unspecified atom stereocenters. The van der Waals surface area contributed by atoms with E-state index in [0.717, 1.165) is 19.4 Å². The molecule has 0 heterocycles. The Kier molecular flexibility index (Phi) is 5.46. The minimum atomic E-state index is -0.0843. The van der Waals surface area contributed by atoms with Crippen LogP contribution in [0.5, 0.6) is 0 Å². The first-order valence-corrected chi connectivity index (χ1v) is 6.40. The molecule has 3 heteroatoms. The lowest BCUT2D eigenvalue weighted by Crippen LogP contribution is -2.55. The summed E-state index contributed by atoms with van der Waals surface area (Å²) in [4.78, 5) is 0. The zero-order valence-corrected chi connectivity index (χ0v) is 10.9. The van der Waals surface area contributed by atoms with Crippen LogP contribution in [0.15, 0.2) is 11.6 Å². The van der Waals surface area contributed by atoms with E-state index in [4.69, 9.17) is 10.6 Å². The highest BCUT2D eigenvalue weighted by molar-refractivity contribution is 5.10. The van der Waals surface area contributed by atoms with Gasteiger partial charge < -0.3 is 4.74 Å². The summed E-state index contributed by atoms with van der Waals surface area (Å²) in [7, 11) is 0. The van der Waals surface area contributed by atoms with Crippen molar-refractivity contribution in [1.29, 1.82) is 0 Å². The van der Waals surface area contributed by atoms with Crippen LogP contribution in [0.4, 0.5) is 0 Å². The molecule has 3 N–H and O–H groups in total. The number of ether oxygens (including phenoxy) is 1. The SMILES string of the molecule is CCOC1(C(C=C(C)C)NN)CCCCC1. The van der Waals surface area contributed by atoms with Crippen LogP contribution in [0.3, 0.4) is 0 Å². The number of nitrogens with one attached hydrogen (secondary N) is 1. The first-order valence-electron chi connectivity index (χ1n) is 6.40. The van der Waals surface area contributed by atoms with Gasteiger partial charge in [-0.1, -0.05) is 30.9 Å². The molecule has 0 aromatic heterocycles. The van der Waals surface area contributed by atoms with E-state index in [0.29, 0.717) is 0 Å². The van der Waals surface area contributed by atoms with Crippen molar-refractivity contribution in [2.75, 3.05) is 6.61 Å². The largest absolute Gasteiger partial charge is 0.373 e. The molecule has 0 spiro atoms. The topological polar surface area (TPSA) is 47.3 Å². The van der Waals surface area contributed by atoms with E-state index in [9.17, 15) is 0 Å². The van der Waals surface area contributed by atoms with Crippen molar-refractivity contribution in [2.24, 2.45) is 5.84 Å². The first-order chi connectivity index (χ1) is 7.64. The molecule has 1 aliphatic carbocycles. The predicted octanol–water partition coefficient (Wildman–Crippen LogP) is 2.52. The summed E-state index contributed by atoms with van der Waals surface area (Å²) in [5, 5.41) is 0. The van der Waals surface area contributed by atoms with Crippen LogP contribution in [-0.2, 0) is 4.74 Å². The third-order valence-corrected chi connectivity index (χ3v) is 3.38. The molecule has 1 aliphatic rings. The number of rotatable bonds is 5. The monoisotopic (exact) mass is 226 g/mol. The molecule has 1 fully saturated rings. The Morgan fingerprint density at radius 2 is 2.00 bits per heavy atom. The van der Waals surface area contributed by atoms with Gasteiger partial charge in [-0.2, -0.15) is 0 Å². The molecule has 0 amide bonds. The van der Waals surface area contributed by atoms with Gasteiger partial charge in [-0.05, 0) is 33.6 Å².